The van der Waals surface area contributed by atoms with Crippen LogP contribution < -0.4 is 0 Å². The van der Waals surface area contributed by atoms with E-state index in [9.17, 15) is 0 Å². The summed E-state index contributed by atoms with van der Waals surface area (Å²) in [5.74, 6) is 0.621. The van der Waals surface area contributed by atoms with Crippen molar-refractivity contribution in [2.45, 2.75) is 58.0 Å². The Balaban J connectivity index is 1.14. The van der Waals surface area contributed by atoms with Crippen molar-refractivity contribution in [2.24, 2.45) is 5.92 Å². The van der Waals surface area contributed by atoms with E-state index >= 15 is 0 Å². The molecule has 0 spiro atoms. The van der Waals surface area contributed by atoms with Crippen LogP contribution in [0.15, 0.2) is 67.1 Å². The summed E-state index contributed by atoms with van der Waals surface area (Å²) in [6.07, 6.45) is 10.8. The molecule has 4 heterocycles. The molecule has 0 N–H and O–H groups in total. The summed E-state index contributed by atoms with van der Waals surface area (Å²) in [4.78, 5) is 2.61. The molecule has 34 heavy (non-hydrogen) atoms. The van der Waals surface area contributed by atoms with Crippen LogP contribution in [0, 0.1) is 5.92 Å². The molecule has 4 aromatic rings. The van der Waals surface area contributed by atoms with Crippen LogP contribution in [0.1, 0.15) is 44.4 Å². The average molecular weight is 456 g/mol. The minimum atomic E-state index is 0.0734. The molecule has 2 aromatic carbocycles. The van der Waals surface area contributed by atoms with Crippen molar-refractivity contribution in [1.82, 2.24) is 24.5 Å². The summed E-state index contributed by atoms with van der Waals surface area (Å²) in [5.41, 5.74) is 4.91. The molecule has 2 aromatic heterocycles. The second kappa shape index (κ2) is 9.35. The van der Waals surface area contributed by atoms with Crippen LogP contribution in [0.25, 0.3) is 22.0 Å². The number of rotatable bonds is 6. The Morgan fingerprint density at radius 1 is 1.00 bits per heavy atom. The van der Waals surface area contributed by atoms with Gasteiger partial charge in [-0.05, 0) is 61.8 Å². The van der Waals surface area contributed by atoms with E-state index in [4.69, 9.17) is 9.84 Å². The van der Waals surface area contributed by atoms with Gasteiger partial charge in [0.15, 0.2) is 0 Å². The second-order valence-electron chi connectivity index (χ2n) is 10.00. The Morgan fingerprint density at radius 2 is 1.91 bits per heavy atom. The van der Waals surface area contributed by atoms with Crippen molar-refractivity contribution in [3.63, 3.8) is 0 Å². The van der Waals surface area contributed by atoms with Gasteiger partial charge in [-0.15, -0.1) is 0 Å². The predicted molar refractivity (Wildman–Crippen MR) is 134 cm³/mol. The van der Waals surface area contributed by atoms with Gasteiger partial charge in [-0.25, -0.2) is 4.68 Å². The smallest absolute Gasteiger partial charge is 0.150 e. The van der Waals surface area contributed by atoms with E-state index in [1.165, 1.54) is 34.9 Å². The second-order valence-corrected chi connectivity index (χ2v) is 10.00. The number of hydrogen-bond acceptors (Lipinski definition) is 4. The van der Waals surface area contributed by atoms with Crippen LogP contribution in [-0.2, 0) is 17.8 Å². The quantitative estimate of drug-likeness (QED) is 0.385. The lowest BCUT2D eigenvalue weighted by atomic mass is 10.1. The van der Waals surface area contributed by atoms with E-state index < -0.39 is 0 Å². The molecule has 6 rings (SSSR count). The predicted octanol–water partition coefficient (Wildman–Crippen LogP) is 5.51. The van der Waals surface area contributed by atoms with Gasteiger partial charge in [-0.1, -0.05) is 36.4 Å². The summed E-state index contributed by atoms with van der Waals surface area (Å²) < 4.78 is 10.1. The van der Waals surface area contributed by atoms with E-state index in [0.717, 1.165) is 44.6 Å². The first-order chi connectivity index (χ1) is 16.7. The molecule has 1 unspecified atom stereocenters. The summed E-state index contributed by atoms with van der Waals surface area (Å²) in [5, 5.41) is 10.5. The van der Waals surface area contributed by atoms with Gasteiger partial charge >= 0.3 is 0 Å². The van der Waals surface area contributed by atoms with Gasteiger partial charge < -0.3 is 4.74 Å². The fourth-order valence-electron chi connectivity index (χ4n) is 5.62. The number of hydrogen-bond donors (Lipinski definition) is 0. The van der Waals surface area contributed by atoms with Gasteiger partial charge in [0, 0.05) is 49.4 Å². The minimum Gasteiger partial charge on any atom is -0.357 e. The van der Waals surface area contributed by atoms with Crippen LogP contribution in [0.4, 0.5) is 0 Å². The molecule has 3 atom stereocenters. The van der Waals surface area contributed by atoms with Crippen molar-refractivity contribution >= 4 is 10.9 Å². The van der Waals surface area contributed by atoms with Crippen LogP contribution in [0.3, 0.4) is 0 Å². The molecule has 2 aliphatic rings. The third kappa shape index (κ3) is 4.40. The van der Waals surface area contributed by atoms with Gasteiger partial charge in [0.05, 0.1) is 17.9 Å². The Labute approximate surface area is 201 Å². The number of benzene rings is 2. The maximum Gasteiger partial charge on any atom is 0.150 e. The Morgan fingerprint density at radius 3 is 2.76 bits per heavy atom. The molecule has 6 heteroatoms. The number of ether oxygens (including phenoxy) is 1. The fraction of sp³-hybridized carbons (Fsp3) is 0.429. The number of aromatic nitrogens is 4. The molecular weight excluding hydrogens is 422 g/mol. The lowest BCUT2D eigenvalue weighted by Gasteiger charge is -2.22. The van der Waals surface area contributed by atoms with Crippen LogP contribution in [0.2, 0.25) is 0 Å². The standard InChI is InChI=1S/C28H33N5O/c1-21-13-23(18-31(21)17-22-7-3-2-4-8-22)19-32-27-11-10-24(14-25(27)15-29-32)26-16-30-33(20-26)28-9-5-6-12-34-28/h2-4,7-8,10-11,14-16,20-21,23,28H,5-6,9,12-13,17-19H2,1H3/t21-,23-,28?/m1/s1. The third-order valence-electron chi connectivity index (χ3n) is 7.48. The Bertz CT molecular complexity index is 1240. The Kier molecular flexibility index (Phi) is 5.93. The van der Waals surface area contributed by atoms with Gasteiger partial charge in [0.1, 0.15) is 6.23 Å². The van der Waals surface area contributed by atoms with E-state index in [-0.39, 0.29) is 6.23 Å². The molecule has 2 saturated heterocycles. The largest absolute Gasteiger partial charge is 0.357 e. The summed E-state index contributed by atoms with van der Waals surface area (Å²) >= 11 is 0. The van der Waals surface area contributed by atoms with Crippen LogP contribution in [-0.4, -0.2) is 43.7 Å². The molecule has 2 aliphatic heterocycles. The van der Waals surface area contributed by atoms with Crippen LogP contribution >= 0.6 is 0 Å². The van der Waals surface area contributed by atoms with E-state index in [2.05, 4.69) is 76.3 Å². The SMILES string of the molecule is C[C@@H]1C[C@@H](Cn2ncc3cc(-c4cnn(C5CCCCO5)c4)ccc32)CN1Cc1ccccc1. The Hall–Kier alpha value is -2.96. The van der Waals surface area contributed by atoms with Gasteiger partial charge in [-0.3, -0.25) is 9.58 Å². The topological polar surface area (TPSA) is 48.1 Å². The number of nitrogens with zero attached hydrogens (tertiary/aromatic N) is 5. The molecule has 0 radical (unpaired) electrons. The third-order valence-corrected chi connectivity index (χ3v) is 7.48. The molecule has 0 bridgehead atoms. The maximum atomic E-state index is 5.88. The number of fused-ring (bicyclic) bond motifs is 1. The summed E-state index contributed by atoms with van der Waals surface area (Å²) in [7, 11) is 0. The lowest BCUT2D eigenvalue weighted by molar-refractivity contribution is -0.0394. The summed E-state index contributed by atoms with van der Waals surface area (Å²) in [6.45, 7) is 6.30. The molecule has 0 saturated carbocycles. The highest BCUT2D eigenvalue weighted by Gasteiger charge is 2.29. The van der Waals surface area contributed by atoms with E-state index in [1.807, 2.05) is 17.1 Å². The van der Waals surface area contributed by atoms with E-state index in [0.29, 0.717) is 12.0 Å². The molecule has 0 amide bonds. The monoisotopic (exact) mass is 455 g/mol. The maximum absolute atomic E-state index is 5.88. The minimum absolute atomic E-state index is 0.0734. The first kappa shape index (κ1) is 21.6. The van der Waals surface area contributed by atoms with Gasteiger partial charge in [-0.2, -0.15) is 10.2 Å². The fourth-order valence-corrected chi connectivity index (χ4v) is 5.62. The van der Waals surface area contributed by atoms with Crippen molar-refractivity contribution in [2.75, 3.05) is 13.2 Å². The highest BCUT2D eigenvalue weighted by atomic mass is 16.5. The first-order valence-corrected chi connectivity index (χ1v) is 12.6. The van der Waals surface area contributed by atoms with Gasteiger partial charge in [0.2, 0.25) is 0 Å². The van der Waals surface area contributed by atoms with Crippen LogP contribution in [0.5, 0.6) is 0 Å². The average Bonchev–Trinajstić information content (AvgIpc) is 3.60. The van der Waals surface area contributed by atoms with Crippen molar-refractivity contribution < 1.29 is 4.74 Å². The zero-order valence-electron chi connectivity index (χ0n) is 19.9. The van der Waals surface area contributed by atoms with Crippen molar-refractivity contribution in [3.8, 4) is 11.1 Å². The molecule has 2 fully saturated rings. The molecule has 0 aliphatic carbocycles. The molecular formula is C28H33N5O. The molecule has 6 nitrogen and oxygen atoms in total. The van der Waals surface area contributed by atoms with Crippen molar-refractivity contribution in [3.05, 3.63) is 72.7 Å². The first-order valence-electron chi connectivity index (χ1n) is 12.6. The molecule has 176 valence electrons. The highest BCUT2D eigenvalue weighted by Crippen LogP contribution is 2.30. The normalized spacial score (nSPS) is 23.6. The van der Waals surface area contributed by atoms with E-state index in [1.54, 1.807) is 0 Å². The van der Waals surface area contributed by atoms with Crippen molar-refractivity contribution in [1.29, 1.82) is 0 Å². The zero-order valence-corrected chi connectivity index (χ0v) is 19.9. The van der Waals surface area contributed by atoms with Gasteiger partial charge in [0.25, 0.3) is 0 Å². The zero-order chi connectivity index (χ0) is 22.9. The lowest BCUT2D eigenvalue weighted by Crippen LogP contribution is -2.26. The summed E-state index contributed by atoms with van der Waals surface area (Å²) in [6, 6.07) is 18.1. The highest BCUT2D eigenvalue weighted by molar-refractivity contribution is 5.84. The number of likely N-dealkylation sites (tertiary alicyclic amines) is 1.